The van der Waals surface area contributed by atoms with Gasteiger partial charge in [-0.05, 0) is 46.9 Å². The SMILES string of the molecule is COc1ccc(CNCc2cccc(CCN[C@H](O)Cc3ccc(O)c4[nH]c(=O)sc34)c2)cc1.Cl.Cl. The molecule has 0 spiro atoms. The molecule has 1 heterocycles. The van der Waals surface area contributed by atoms with Gasteiger partial charge in [-0.2, -0.15) is 0 Å². The molecule has 36 heavy (non-hydrogen) atoms. The number of thiazole rings is 1. The van der Waals surface area contributed by atoms with E-state index in [-0.39, 0.29) is 35.4 Å². The Kier molecular flexibility index (Phi) is 11.7. The van der Waals surface area contributed by atoms with Crippen LogP contribution in [0.4, 0.5) is 0 Å². The molecule has 10 heteroatoms. The number of hydrogen-bond donors (Lipinski definition) is 5. The first-order valence-corrected chi connectivity index (χ1v) is 12.0. The van der Waals surface area contributed by atoms with Gasteiger partial charge in [0.2, 0.25) is 0 Å². The molecule has 4 rings (SSSR count). The Morgan fingerprint density at radius 3 is 2.47 bits per heavy atom. The highest BCUT2D eigenvalue weighted by Gasteiger charge is 2.13. The number of hydrogen-bond acceptors (Lipinski definition) is 7. The number of phenolic OH excluding ortho intramolecular Hbond substituents is 1. The largest absolute Gasteiger partial charge is 0.506 e. The first-order chi connectivity index (χ1) is 16.5. The summed E-state index contributed by atoms with van der Waals surface area (Å²) in [5.74, 6) is 0.895. The Bertz CT molecular complexity index is 1290. The maximum Gasteiger partial charge on any atom is 0.305 e. The van der Waals surface area contributed by atoms with Crippen molar-refractivity contribution in [3.05, 3.63) is 92.6 Å². The zero-order valence-electron chi connectivity index (χ0n) is 19.8. The van der Waals surface area contributed by atoms with Crippen molar-refractivity contribution in [2.75, 3.05) is 13.7 Å². The van der Waals surface area contributed by atoms with Crippen LogP contribution in [0.5, 0.6) is 11.5 Å². The number of aromatic hydroxyl groups is 1. The van der Waals surface area contributed by atoms with Crippen molar-refractivity contribution in [2.24, 2.45) is 0 Å². The van der Waals surface area contributed by atoms with Gasteiger partial charge in [-0.25, -0.2) is 0 Å². The lowest BCUT2D eigenvalue weighted by molar-refractivity contribution is 0.138. The molecule has 194 valence electrons. The normalized spacial score (nSPS) is 11.5. The summed E-state index contributed by atoms with van der Waals surface area (Å²) < 4.78 is 5.87. The first kappa shape index (κ1) is 29.6. The number of aromatic nitrogens is 1. The molecule has 0 bridgehead atoms. The number of ether oxygens (including phenoxy) is 1. The van der Waals surface area contributed by atoms with Gasteiger partial charge in [-0.3, -0.25) is 10.1 Å². The molecule has 0 fully saturated rings. The van der Waals surface area contributed by atoms with Crippen LogP contribution in [0, 0.1) is 0 Å². The number of aromatic amines is 1. The number of phenols is 1. The lowest BCUT2D eigenvalue weighted by Crippen LogP contribution is -2.32. The van der Waals surface area contributed by atoms with Crippen LogP contribution in [-0.2, 0) is 25.9 Å². The van der Waals surface area contributed by atoms with Crippen LogP contribution >= 0.6 is 36.2 Å². The average molecular weight is 553 g/mol. The predicted octanol–water partition coefficient (Wildman–Crippen LogP) is 4.13. The van der Waals surface area contributed by atoms with Crippen molar-refractivity contribution < 1.29 is 14.9 Å². The second-order valence-electron chi connectivity index (χ2n) is 8.16. The predicted molar refractivity (Wildman–Crippen MR) is 150 cm³/mol. The number of aliphatic hydroxyl groups is 1. The molecule has 0 unspecified atom stereocenters. The van der Waals surface area contributed by atoms with Gasteiger partial charge in [0, 0.05) is 26.1 Å². The topological polar surface area (TPSA) is 107 Å². The molecule has 5 N–H and O–H groups in total. The molecule has 7 nitrogen and oxygen atoms in total. The van der Waals surface area contributed by atoms with Gasteiger partial charge >= 0.3 is 4.87 Å². The van der Waals surface area contributed by atoms with Crippen LogP contribution in [-0.4, -0.2) is 35.1 Å². The van der Waals surface area contributed by atoms with Gasteiger partial charge in [0.1, 0.15) is 23.2 Å². The summed E-state index contributed by atoms with van der Waals surface area (Å²) in [5, 5.41) is 27.0. The van der Waals surface area contributed by atoms with Crippen LogP contribution in [0.2, 0.25) is 0 Å². The van der Waals surface area contributed by atoms with E-state index < -0.39 is 6.23 Å². The molecular weight excluding hydrogens is 521 g/mol. The minimum atomic E-state index is -0.751. The lowest BCUT2D eigenvalue weighted by Gasteiger charge is -2.14. The van der Waals surface area contributed by atoms with E-state index in [0.29, 0.717) is 23.2 Å². The van der Waals surface area contributed by atoms with Gasteiger partial charge in [0.25, 0.3) is 0 Å². The van der Waals surface area contributed by atoms with E-state index in [1.54, 1.807) is 19.2 Å². The zero-order chi connectivity index (χ0) is 23.9. The van der Waals surface area contributed by atoms with Crippen molar-refractivity contribution in [3.63, 3.8) is 0 Å². The van der Waals surface area contributed by atoms with Crippen molar-refractivity contribution in [2.45, 2.75) is 32.2 Å². The van der Waals surface area contributed by atoms with Gasteiger partial charge in [-0.1, -0.05) is 53.8 Å². The molecular formula is C26H31Cl2N3O4S. The van der Waals surface area contributed by atoms with E-state index in [1.165, 1.54) is 16.7 Å². The Labute approximate surface area is 226 Å². The third-order valence-corrected chi connectivity index (χ3v) is 6.61. The molecule has 0 saturated carbocycles. The van der Waals surface area contributed by atoms with E-state index in [2.05, 4.69) is 52.0 Å². The summed E-state index contributed by atoms with van der Waals surface area (Å²) in [6, 6.07) is 19.7. The summed E-state index contributed by atoms with van der Waals surface area (Å²) in [6.07, 6.45) is 0.380. The van der Waals surface area contributed by atoms with Crippen molar-refractivity contribution >= 4 is 46.4 Å². The van der Waals surface area contributed by atoms with Gasteiger partial charge in [-0.15, -0.1) is 24.8 Å². The number of rotatable bonds is 11. The molecule has 4 aromatic rings. The molecule has 0 radical (unpaired) electrons. The van der Waals surface area contributed by atoms with Crippen LogP contribution in [0.3, 0.4) is 0 Å². The number of aliphatic hydroxyl groups excluding tert-OH is 1. The number of nitrogens with one attached hydrogen (secondary N) is 3. The quantitative estimate of drug-likeness (QED) is 0.179. The monoisotopic (exact) mass is 551 g/mol. The minimum Gasteiger partial charge on any atom is -0.506 e. The average Bonchev–Trinajstić information content (AvgIpc) is 3.24. The zero-order valence-corrected chi connectivity index (χ0v) is 22.3. The number of methoxy groups -OCH3 is 1. The third-order valence-electron chi connectivity index (χ3n) is 5.65. The number of halogens is 2. The summed E-state index contributed by atoms with van der Waals surface area (Å²) >= 11 is 1.04. The van der Waals surface area contributed by atoms with Crippen molar-refractivity contribution in [3.8, 4) is 11.5 Å². The maximum absolute atomic E-state index is 11.7. The van der Waals surface area contributed by atoms with Gasteiger partial charge in [0.05, 0.1) is 11.8 Å². The molecule has 1 atom stereocenters. The summed E-state index contributed by atoms with van der Waals surface area (Å²) in [5.41, 5.74) is 4.85. The maximum atomic E-state index is 11.7. The van der Waals surface area contributed by atoms with Gasteiger partial charge in [0.15, 0.2) is 0 Å². The second kappa shape index (κ2) is 14.2. The van der Waals surface area contributed by atoms with Gasteiger partial charge < -0.3 is 25.3 Å². The summed E-state index contributed by atoms with van der Waals surface area (Å²) in [6.45, 7) is 2.17. The van der Waals surface area contributed by atoms with E-state index in [9.17, 15) is 15.0 Å². The van der Waals surface area contributed by atoms with Crippen LogP contribution < -0.4 is 20.2 Å². The standard InChI is InChI=1S/C26H29N3O4S.2ClH/c1-33-21-8-5-18(6-9-21)15-27-16-19-4-2-3-17(13-19)11-12-28-23(31)14-20-7-10-22(30)24-25(20)34-26(32)29-24;;/h2-10,13,23,27-28,30-31H,11-12,14-16H2,1H3,(H,29,32);2*1H/t23-;;/m1../s1. The number of benzene rings is 3. The van der Waals surface area contributed by atoms with E-state index >= 15 is 0 Å². The van der Waals surface area contributed by atoms with E-state index in [0.717, 1.165) is 42.2 Å². The highest BCUT2D eigenvalue weighted by molar-refractivity contribution is 7.16. The van der Waals surface area contributed by atoms with E-state index in [1.807, 2.05) is 12.1 Å². The van der Waals surface area contributed by atoms with Crippen molar-refractivity contribution in [1.29, 1.82) is 0 Å². The summed E-state index contributed by atoms with van der Waals surface area (Å²) in [4.78, 5) is 14.1. The molecule has 3 aromatic carbocycles. The molecule has 0 saturated heterocycles. The first-order valence-electron chi connectivity index (χ1n) is 11.2. The van der Waals surface area contributed by atoms with Crippen LogP contribution in [0.25, 0.3) is 10.2 Å². The Morgan fingerprint density at radius 2 is 1.72 bits per heavy atom. The number of H-pyrrole nitrogens is 1. The fourth-order valence-corrected chi connectivity index (χ4v) is 4.77. The van der Waals surface area contributed by atoms with Crippen LogP contribution in [0.1, 0.15) is 22.3 Å². The second-order valence-corrected chi connectivity index (χ2v) is 9.14. The third kappa shape index (κ3) is 7.96. The fourth-order valence-electron chi connectivity index (χ4n) is 3.89. The molecule has 0 amide bonds. The smallest absolute Gasteiger partial charge is 0.305 e. The Balaban J connectivity index is 0.00000228. The lowest BCUT2D eigenvalue weighted by atomic mass is 10.1. The molecule has 1 aromatic heterocycles. The minimum absolute atomic E-state index is 0. The highest BCUT2D eigenvalue weighted by atomic mass is 35.5. The number of fused-ring (bicyclic) bond motifs is 1. The van der Waals surface area contributed by atoms with E-state index in [4.69, 9.17) is 4.74 Å². The molecule has 0 aliphatic rings. The Morgan fingerprint density at radius 1 is 1.00 bits per heavy atom. The van der Waals surface area contributed by atoms with Crippen LogP contribution in [0.15, 0.2) is 65.5 Å². The highest BCUT2D eigenvalue weighted by Crippen LogP contribution is 2.28. The summed E-state index contributed by atoms with van der Waals surface area (Å²) in [7, 11) is 1.66. The Hall–Kier alpha value is -2.59. The fraction of sp³-hybridized carbons (Fsp3) is 0.269. The molecule has 0 aliphatic carbocycles. The molecule has 0 aliphatic heterocycles. The van der Waals surface area contributed by atoms with Crippen molar-refractivity contribution in [1.82, 2.24) is 15.6 Å².